The minimum Gasteiger partial charge on any atom is -1.00 e. The second kappa shape index (κ2) is 7.71. The lowest BCUT2D eigenvalue weighted by molar-refractivity contribution is -0.544. The number of rotatable bonds is 2. The zero-order chi connectivity index (χ0) is 8.81. The molecule has 0 spiro atoms. The zero-order valence-electron chi connectivity index (χ0n) is 7.80. The molecule has 0 aromatic rings. The Hall–Kier alpha value is 0.330. The number of halogens is 2. The summed E-state index contributed by atoms with van der Waals surface area (Å²) in [5.41, 5.74) is 1.35. The van der Waals surface area contributed by atoms with Gasteiger partial charge in [-0.05, 0) is 6.92 Å². The fraction of sp³-hybridized carbons (Fsp3) is 0.667. The van der Waals surface area contributed by atoms with E-state index in [1.807, 2.05) is 0 Å². The molecule has 0 unspecified atom stereocenters. The van der Waals surface area contributed by atoms with Crippen molar-refractivity contribution in [1.29, 1.82) is 0 Å². The fourth-order valence-corrected chi connectivity index (χ4v) is 1.19. The van der Waals surface area contributed by atoms with Crippen LogP contribution < -0.4 is 17.0 Å². The maximum Gasteiger partial charge on any atom is 0.166 e. The second-order valence-corrected chi connectivity index (χ2v) is 3.50. The molecular weight excluding hydrogens is 298 g/mol. The second-order valence-electron chi connectivity index (χ2n) is 2.94. The van der Waals surface area contributed by atoms with Crippen LogP contribution >= 0.6 is 15.9 Å². The van der Waals surface area contributed by atoms with Crippen molar-refractivity contribution in [1.82, 2.24) is 0 Å². The van der Waals surface area contributed by atoms with E-state index < -0.39 is 0 Å². The third-order valence-electron chi connectivity index (χ3n) is 1.83. The lowest BCUT2D eigenvalue weighted by Crippen LogP contribution is -3.00. The summed E-state index contributed by atoms with van der Waals surface area (Å²) in [5.74, 6) is 0. The van der Waals surface area contributed by atoms with Crippen molar-refractivity contribution in [2.75, 3.05) is 31.6 Å². The van der Waals surface area contributed by atoms with Crippen molar-refractivity contribution in [2.24, 2.45) is 0 Å². The molecule has 0 aromatic carbocycles. The molecule has 0 N–H and O–H groups in total. The number of allylic oxidation sites excluding steroid dienone is 2. The van der Waals surface area contributed by atoms with Crippen LogP contribution in [0, 0.1) is 0 Å². The Morgan fingerprint density at radius 2 is 2.08 bits per heavy atom. The predicted molar refractivity (Wildman–Crippen MR) is 54.4 cm³/mol. The first-order valence-electron chi connectivity index (χ1n) is 4.21. The molecule has 1 saturated heterocycles. The maximum atomic E-state index is 5.24. The maximum absolute atomic E-state index is 5.24. The van der Waals surface area contributed by atoms with Gasteiger partial charge >= 0.3 is 0 Å². The van der Waals surface area contributed by atoms with Crippen molar-refractivity contribution < 1.29 is 26.3 Å². The quantitative estimate of drug-likeness (QED) is 0.444. The van der Waals surface area contributed by atoms with Gasteiger partial charge in [-0.25, -0.2) is 4.58 Å². The predicted octanol–water partition coefficient (Wildman–Crippen LogP) is -1.55. The summed E-state index contributed by atoms with van der Waals surface area (Å²) in [6.07, 6.45) is 4.30. The number of hydrogen-bond donors (Lipinski definition) is 0. The first-order chi connectivity index (χ1) is 5.83. The Kier molecular flexibility index (Phi) is 7.90. The van der Waals surface area contributed by atoms with Crippen LogP contribution in [0.2, 0.25) is 0 Å². The SMILES string of the molecule is C/C(=C\C=[N+]1CCOCC1)CBr.[Br-]. The summed E-state index contributed by atoms with van der Waals surface area (Å²) in [6, 6.07) is 0. The van der Waals surface area contributed by atoms with Gasteiger partial charge in [0, 0.05) is 11.4 Å². The van der Waals surface area contributed by atoms with Gasteiger partial charge in [-0.3, -0.25) is 0 Å². The summed E-state index contributed by atoms with van der Waals surface area (Å²) in [5, 5.41) is 0.952. The highest BCUT2D eigenvalue weighted by Gasteiger charge is 2.08. The number of hydrogen-bond acceptors (Lipinski definition) is 1. The summed E-state index contributed by atoms with van der Waals surface area (Å²) >= 11 is 3.41. The van der Waals surface area contributed by atoms with Gasteiger partial charge < -0.3 is 21.7 Å². The first kappa shape index (κ1) is 13.3. The van der Waals surface area contributed by atoms with Crippen LogP contribution in [0.5, 0.6) is 0 Å². The normalized spacial score (nSPS) is 18.0. The Labute approximate surface area is 98.6 Å². The number of ether oxygens (including phenoxy) is 1. The van der Waals surface area contributed by atoms with Crippen molar-refractivity contribution in [3.63, 3.8) is 0 Å². The third kappa shape index (κ3) is 5.60. The summed E-state index contributed by atoms with van der Waals surface area (Å²) in [6.45, 7) is 5.87. The van der Waals surface area contributed by atoms with Crippen LogP contribution in [0.1, 0.15) is 6.92 Å². The molecule has 0 aliphatic carbocycles. The highest BCUT2D eigenvalue weighted by Crippen LogP contribution is 1.96. The van der Waals surface area contributed by atoms with Crippen LogP contribution in [0.25, 0.3) is 0 Å². The molecule has 1 aliphatic rings. The van der Waals surface area contributed by atoms with Gasteiger partial charge in [0.2, 0.25) is 0 Å². The highest BCUT2D eigenvalue weighted by molar-refractivity contribution is 9.09. The molecule has 76 valence electrons. The van der Waals surface area contributed by atoms with E-state index in [1.165, 1.54) is 5.57 Å². The van der Waals surface area contributed by atoms with E-state index in [9.17, 15) is 0 Å². The summed E-state index contributed by atoms with van der Waals surface area (Å²) in [4.78, 5) is 0. The summed E-state index contributed by atoms with van der Waals surface area (Å²) in [7, 11) is 0. The van der Waals surface area contributed by atoms with Crippen molar-refractivity contribution in [3.05, 3.63) is 11.6 Å². The molecule has 0 bridgehead atoms. The lowest BCUT2D eigenvalue weighted by atomic mass is 10.3. The molecular formula is C9H15Br2NO. The number of nitrogens with zero attached hydrogens (tertiary/aromatic N) is 1. The molecule has 0 saturated carbocycles. The van der Waals surface area contributed by atoms with Crippen molar-refractivity contribution >= 4 is 22.1 Å². The Balaban J connectivity index is 0.00000144. The molecule has 0 radical (unpaired) electrons. The number of morpholine rings is 1. The Bertz CT molecular complexity index is 194. The van der Waals surface area contributed by atoms with E-state index in [2.05, 4.69) is 39.7 Å². The molecule has 1 heterocycles. The van der Waals surface area contributed by atoms with Crippen LogP contribution in [-0.4, -0.2) is 42.4 Å². The van der Waals surface area contributed by atoms with Gasteiger partial charge in [0.1, 0.15) is 13.2 Å². The first-order valence-corrected chi connectivity index (χ1v) is 5.33. The van der Waals surface area contributed by atoms with E-state index >= 15 is 0 Å². The zero-order valence-corrected chi connectivity index (χ0v) is 11.0. The molecule has 0 atom stereocenters. The van der Waals surface area contributed by atoms with Gasteiger partial charge in [0.15, 0.2) is 19.3 Å². The van der Waals surface area contributed by atoms with Gasteiger partial charge in [-0.15, -0.1) is 0 Å². The van der Waals surface area contributed by atoms with Crippen LogP contribution in [-0.2, 0) is 4.74 Å². The Morgan fingerprint density at radius 3 is 2.62 bits per heavy atom. The minimum atomic E-state index is 0. The largest absolute Gasteiger partial charge is 1.00 e. The van der Waals surface area contributed by atoms with Gasteiger partial charge in [-0.2, -0.15) is 0 Å². The topological polar surface area (TPSA) is 12.2 Å². The third-order valence-corrected chi connectivity index (χ3v) is 2.71. The molecule has 1 aliphatic heterocycles. The molecule has 2 nitrogen and oxygen atoms in total. The fourth-order valence-electron chi connectivity index (χ4n) is 1.00. The van der Waals surface area contributed by atoms with E-state index in [0.717, 1.165) is 31.6 Å². The average Bonchev–Trinajstić information content (AvgIpc) is 2.16. The minimum absolute atomic E-state index is 0. The molecule has 13 heavy (non-hydrogen) atoms. The molecule has 1 rings (SSSR count). The monoisotopic (exact) mass is 311 g/mol. The molecule has 0 aromatic heterocycles. The van der Waals surface area contributed by atoms with E-state index in [-0.39, 0.29) is 17.0 Å². The van der Waals surface area contributed by atoms with Gasteiger partial charge in [0.25, 0.3) is 0 Å². The van der Waals surface area contributed by atoms with E-state index in [1.54, 1.807) is 0 Å². The highest BCUT2D eigenvalue weighted by atomic mass is 79.9. The van der Waals surface area contributed by atoms with E-state index in [4.69, 9.17) is 4.74 Å². The van der Waals surface area contributed by atoms with Gasteiger partial charge in [-0.1, -0.05) is 21.5 Å². The van der Waals surface area contributed by atoms with Crippen LogP contribution in [0.3, 0.4) is 0 Å². The molecule has 4 heteroatoms. The average molecular weight is 313 g/mol. The smallest absolute Gasteiger partial charge is 0.166 e. The lowest BCUT2D eigenvalue weighted by Gasteiger charge is -2.09. The van der Waals surface area contributed by atoms with Crippen molar-refractivity contribution in [3.8, 4) is 0 Å². The molecule has 0 amide bonds. The van der Waals surface area contributed by atoms with Crippen LogP contribution in [0.4, 0.5) is 0 Å². The Morgan fingerprint density at radius 1 is 1.46 bits per heavy atom. The number of alkyl halides is 1. The van der Waals surface area contributed by atoms with Crippen molar-refractivity contribution in [2.45, 2.75) is 6.92 Å². The standard InChI is InChI=1S/C9H15BrNO.BrH/c1-9(8-10)2-3-11-4-6-12-7-5-11;/h2-3H,4-8H2,1H3;1H/q+1;/p-1/b9-2+;. The van der Waals surface area contributed by atoms with Gasteiger partial charge in [0.05, 0.1) is 0 Å². The van der Waals surface area contributed by atoms with E-state index in [0.29, 0.717) is 0 Å². The van der Waals surface area contributed by atoms with Crippen LogP contribution in [0.15, 0.2) is 11.6 Å². The molecule has 1 fully saturated rings. The summed E-state index contributed by atoms with van der Waals surface area (Å²) < 4.78 is 7.53.